The number of anilines is 2. The maximum absolute atomic E-state index is 12.8. The van der Waals surface area contributed by atoms with E-state index in [0.717, 1.165) is 30.9 Å². The summed E-state index contributed by atoms with van der Waals surface area (Å²) < 4.78 is 27.5. The van der Waals surface area contributed by atoms with Gasteiger partial charge in [-0.2, -0.15) is 0 Å². The Bertz CT molecular complexity index is 992. The van der Waals surface area contributed by atoms with Gasteiger partial charge in [0.15, 0.2) is 0 Å². The van der Waals surface area contributed by atoms with Crippen LogP contribution < -0.4 is 15.4 Å². The van der Waals surface area contributed by atoms with Crippen LogP contribution in [-0.4, -0.2) is 25.9 Å². The van der Waals surface area contributed by atoms with E-state index in [4.69, 9.17) is 0 Å². The smallest absolute Gasteiger partial charge is 0.328 e. The second-order valence-corrected chi connectivity index (χ2v) is 8.10. The van der Waals surface area contributed by atoms with Gasteiger partial charge in [0.25, 0.3) is 15.7 Å². The molecule has 0 bridgehead atoms. The molecule has 0 aliphatic carbocycles. The van der Waals surface area contributed by atoms with Gasteiger partial charge < -0.3 is 10.6 Å². The fourth-order valence-electron chi connectivity index (χ4n) is 2.60. The van der Waals surface area contributed by atoms with Crippen LogP contribution in [0.3, 0.4) is 0 Å². The SMILES string of the molecule is CCCCCNC(=O)NS(=O)(=O)c1cc([N+](=O)[O-])ccc1Nc1ccccc1C. The molecule has 0 atom stereocenters. The van der Waals surface area contributed by atoms with Crippen molar-refractivity contribution in [2.24, 2.45) is 0 Å². The minimum Gasteiger partial charge on any atom is -0.354 e. The van der Waals surface area contributed by atoms with E-state index in [1.165, 1.54) is 12.1 Å². The van der Waals surface area contributed by atoms with E-state index < -0.39 is 31.6 Å². The summed E-state index contributed by atoms with van der Waals surface area (Å²) in [5.74, 6) is 0. The summed E-state index contributed by atoms with van der Waals surface area (Å²) in [6.07, 6.45) is 2.59. The van der Waals surface area contributed by atoms with Crippen LogP contribution in [0.25, 0.3) is 0 Å². The topological polar surface area (TPSA) is 130 Å². The molecule has 2 rings (SSSR count). The van der Waals surface area contributed by atoms with Gasteiger partial charge in [-0.1, -0.05) is 38.0 Å². The predicted molar refractivity (Wildman–Crippen MR) is 111 cm³/mol. The van der Waals surface area contributed by atoms with Crippen LogP contribution in [0.4, 0.5) is 21.9 Å². The van der Waals surface area contributed by atoms with Gasteiger partial charge in [0.1, 0.15) is 4.90 Å². The van der Waals surface area contributed by atoms with Gasteiger partial charge in [0.05, 0.1) is 10.6 Å². The Kier molecular flexibility index (Phi) is 7.54. The fourth-order valence-corrected chi connectivity index (χ4v) is 3.71. The molecule has 9 nitrogen and oxygen atoms in total. The van der Waals surface area contributed by atoms with Gasteiger partial charge in [-0.15, -0.1) is 0 Å². The van der Waals surface area contributed by atoms with Crippen LogP contribution in [0, 0.1) is 17.0 Å². The maximum atomic E-state index is 12.8. The Hall–Kier alpha value is -3.14. The van der Waals surface area contributed by atoms with Crippen molar-refractivity contribution in [3.8, 4) is 0 Å². The van der Waals surface area contributed by atoms with Crippen molar-refractivity contribution in [2.45, 2.75) is 38.0 Å². The highest BCUT2D eigenvalue weighted by Crippen LogP contribution is 2.30. The normalized spacial score (nSPS) is 11.0. The van der Waals surface area contributed by atoms with Crippen LogP contribution in [0.5, 0.6) is 0 Å². The number of unbranched alkanes of at least 4 members (excludes halogenated alkanes) is 2. The molecule has 0 spiro atoms. The third-order valence-corrected chi connectivity index (χ3v) is 5.54. The summed E-state index contributed by atoms with van der Waals surface area (Å²) in [7, 11) is -4.35. The van der Waals surface area contributed by atoms with Crippen LogP contribution in [0.15, 0.2) is 47.4 Å². The van der Waals surface area contributed by atoms with Crippen molar-refractivity contribution in [3.63, 3.8) is 0 Å². The number of benzene rings is 2. The molecule has 0 aromatic heterocycles. The molecule has 0 aliphatic rings. The number of hydrogen-bond donors (Lipinski definition) is 3. The largest absolute Gasteiger partial charge is 0.354 e. The standard InChI is InChI=1S/C19H24N4O5S/c1-3-4-7-12-20-19(24)22-29(27,28)18-13-15(23(25)26)10-11-17(18)21-16-9-6-5-8-14(16)2/h5-6,8-11,13,21H,3-4,7,12H2,1-2H3,(H2,20,22,24). The zero-order chi connectivity index (χ0) is 21.4. The van der Waals surface area contributed by atoms with Gasteiger partial charge in [-0.3, -0.25) is 10.1 Å². The first-order chi connectivity index (χ1) is 13.7. The van der Waals surface area contributed by atoms with Crippen LogP contribution in [-0.2, 0) is 10.0 Å². The number of para-hydroxylation sites is 1. The minimum atomic E-state index is -4.35. The Morgan fingerprint density at radius 2 is 1.83 bits per heavy atom. The van der Waals surface area contributed by atoms with E-state index in [9.17, 15) is 23.3 Å². The number of nitrogens with one attached hydrogen (secondary N) is 3. The maximum Gasteiger partial charge on any atom is 0.328 e. The van der Waals surface area contributed by atoms with Crippen molar-refractivity contribution >= 4 is 33.1 Å². The number of aryl methyl sites for hydroxylation is 1. The Labute approximate surface area is 169 Å². The first kappa shape index (κ1) is 22.2. The number of nitro benzene ring substituents is 1. The lowest BCUT2D eigenvalue weighted by Crippen LogP contribution is -2.40. The zero-order valence-corrected chi connectivity index (χ0v) is 17.1. The number of nitrogens with zero attached hydrogens (tertiary/aromatic N) is 1. The molecule has 10 heteroatoms. The number of nitro groups is 1. The van der Waals surface area contributed by atoms with E-state index in [1.54, 1.807) is 12.1 Å². The number of hydrogen-bond acceptors (Lipinski definition) is 6. The molecule has 3 N–H and O–H groups in total. The molecule has 0 aliphatic heterocycles. The highest BCUT2D eigenvalue weighted by molar-refractivity contribution is 7.90. The van der Waals surface area contributed by atoms with Crippen LogP contribution in [0.2, 0.25) is 0 Å². The summed E-state index contributed by atoms with van der Waals surface area (Å²) in [5, 5.41) is 16.6. The van der Waals surface area contributed by atoms with Crippen LogP contribution in [0.1, 0.15) is 31.7 Å². The highest BCUT2D eigenvalue weighted by atomic mass is 32.2. The lowest BCUT2D eigenvalue weighted by molar-refractivity contribution is -0.385. The zero-order valence-electron chi connectivity index (χ0n) is 16.3. The molecule has 0 heterocycles. The minimum absolute atomic E-state index is 0.121. The van der Waals surface area contributed by atoms with Gasteiger partial charge in [0.2, 0.25) is 0 Å². The van der Waals surface area contributed by atoms with Crippen molar-refractivity contribution in [3.05, 3.63) is 58.1 Å². The van der Waals surface area contributed by atoms with E-state index in [1.807, 2.05) is 30.7 Å². The summed E-state index contributed by atoms with van der Waals surface area (Å²) in [6.45, 7) is 4.18. The van der Waals surface area contributed by atoms with E-state index >= 15 is 0 Å². The van der Waals surface area contributed by atoms with Gasteiger partial charge in [0, 0.05) is 24.4 Å². The predicted octanol–water partition coefficient (Wildman–Crippen LogP) is 3.82. The molecule has 2 aromatic carbocycles. The molecule has 156 valence electrons. The number of urea groups is 1. The van der Waals surface area contributed by atoms with Gasteiger partial charge >= 0.3 is 6.03 Å². The Morgan fingerprint density at radius 3 is 2.48 bits per heavy atom. The summed E-state index contributed by atoms with van der Waals surface area (Å²) in [4.78, 5) is 22.0. The Morgan fingerprint density at radius 1 is 1.10 bits per heavy atom. The highest BCUT2D eigenvalue weighted by Gasteiger charge is 2.24. The molecule has 29 heavy (non-hydrogen) atoms. The van der Waals surface area contributed by atoms with Crippen molar-refractivity contribution in [1.29, 1.82) is 0 Å². The summed E-state index contributed by atoms with van der Waals surface area (Å²) >= 11 is 0. The quantitative estimate of drug-likeness (QED) is 0.321. The number of carbonyl (C=O) groups is 1. The molecule has 0 saturated carbocycles. The monoisotopic (exact) mass is 420 g/mol. The lowest BCUT2D eigenvalue weighted by atomic mass is 10.2. The third kappa shape index (κ3) is 6.18. The second-order valence-electron chi connectivity index (χ2n) is 6.45. The summed E-state index contributed by atoms with van der Waals surface area (Å²) in [5.41, 5.74) is 1.22. The lowest BCUT2D eigenvalue weighted by Gasteiger charge is -2.15. The molecule has 0 unspecified atom stereocenters. The number of sulfonamides is 1. The number of rotatable bonds is 9. The molecule has 2 aromatic rings. The van der Waals surface area contributed by atoms with E-state index in [-0.39, 0.29) is 5.69 Å². The Balaban J connectivity index is 2.32. The molecular weight excluding hydrogens is 396 g/mol. The van der Waals surface area contributed by atoms with Gasteiger partial charge in [-0.25, -0.2) is 17.9 Å². The van der Waals surface area contributed by atoms with Gasteiger partial charge in [-0.05, 0) is 31.0 Å². The first-order valence-corrected chi connectivity index (χ1v) is 10.6. The second kappa shape index (κ2) is 9.87. The fraction of sp³-hybridized carbons (Fsp3) is 0.316. The molecule has 0 fully saturated rings. The van der Waals surface area contributed by atoms with Crippen molar-refractivity contribution in [2.75, 3.05) is 11.9 Å². The molecule has 2 amide bonds. The first-order valence-electron chi connectivity index (χ1n) is 9.16. The molecular formula is C19H24N4O5S. The number of non-ortho nitro benzene ring substituents is 1. The molecule has 0 radical (unpaired) electrons. The van der Waals surface area contributed by atoms with Crippen LogP contribution >= 0.6 is 0 Å². The number of amides is 2. The average molecular weight is 420 g/mol. The number of carbonyl (C=O) groups excluding carboxylic acids is 1. The molecule has 0 saturated heterocycles. The van der Waals surface area contributed by atoms with E-state index in [2.05, 4.69) is 10.6 Å². The summed E-state index contributed by atoms with van der Waals surface area (Å²) in [6, 6.07) is 9.74. The van der Waals surface area contributed by atoms with Crippen molar-refractivity contribution in [1.82, 2.24) is 10.0 Å². The third-order valence-electron chi connectivity index (χ3n) is 4.17. The average Bonchev–Trinajstić information content (AvgIpc) is 2.66. The van der Waals surface area contributed by atoms with E-state index in [0.29, 0.717) is 12.2 Å². The van der Waals surface area contributed by atoms with Crippen molar-refractivity contribution < 1.29 is 18.1 Å².